The molecule has 94 valence electrons. The van der Waals surface area contributed by atoms with Gasteiger partial charge in [0.1, 0.15) is 11.5 Å². The van der Waals surface area contributed by atoms with Gasteiger partial charge in [0, 0.05) is 0 Å². The number of carboxylic acids is 1. The van der Waals surface area contributed by atoms with Crippen LogP contribution in [-0.4, -0.2) is 24.3 Å². The molecule has 4 nitrogen and oxygen atoms in total. The topological polar surface area (TPSA) is 55.8 Å². The minimum absolute atomic E-state index is 0.343. The van der Waals surface area contributed by atoms with Gasteiger partial charge >= 0.3 is 5.97 Å². The summed E-state index contributed by atoms with van der Waals surface area (Å²) in [7, 11) is 0. The Bertz CT molecular complexity index is 407. The number of aliphatic carboxylic acids is 1. The Labute approximate surface area is 127 Å². The third-order valence-electron chi connectivity index (χ3n) is 1.82. The molecule has 0 fully saturated rings. The molecule has 6 heteroatoms. The van der Waals surface area contributed by atoms with Crippen LogP contribution in [0.5, 0.6) is 11.5 Å². The summed E-state index contributed by atoms with van der Waals surface area (Å²) in [5.74, 6) is 0.311. The van der Waals surface area contributed by atoms with Crippen molar-refractivity contribution in [2.24, 2.45) is 0 Å². The van der Waals surface area contributed by atoms with Crippen LogP contribution in [0.3, 0.4) is 0 Å². The number of ether oxygens (including phenoxy) is 2. The third-order valence-corrected chi connectivity index (χ3v) is 3.69. The average molecular weight is 462 g/mol. The lowest BCUT2D eigenvalue weighted by Gasteiger charge is -2.13. The lowest BCUT2D eigenvalue weighted by Crippen LogP contribution is -2.10. The first-order valence-corrected chi connectivity index (χ1v) is 7.17. The molecule has 1 aromatic carbocycles. The van der Waals surface area contributed by atoms with E-state index < -0.39 is 5.97 Å². The Balaban J connectivity index is 2.88. The van der Waals surface area contributed by atoms with Gasteiger partial charge in [0.25, 0.3) is 0 Å². The molecule has 0 radical (unpaired) electrons. The summed E-state index contributed by atoms with van der Waals surface area (Å²) < 4.78 is 12.6. The maximum Gasteiger partial charge on any atom is 0.341 e. The first-order chi connectivity index (χ1) is 8.06. The second-order valence-corrected chi connectivity index (χ2v) is 5.46. The van der Waals surface area contributed by atoms with Crippen LogP contribution in [-0.2, 0) is 4.79 Å². The highest BCUT2D eigenvalue weighted by Crippen LogP contribution is 2.34. The summed E-state index contributed by atoms with van der Waals surface area (Å²) in [6.45, 7) is 2.32. The van der Waals surface area contributed by atoms with E-state index in [1.807, 2.05) is 13.0 Å². The van der Waals surface area contributed by atoms with E-state index in [1.165, 1.54) is 0 Å². The van der Waals surface area contributed by atoms with Crippen LogP contribution in [0.4, 0.5) is 0 Å². The van der Waals surface area contributed by atoms with E-state index in [2.05, 4.69) is 45.2 Å². The van der Waals surface area contributed by atoms with Gasteiger partial charge in [0.05, 0.1) is 13.7 Å². The van der Waals surface area contributed by atoms with E-state index in [0.29, 0.717) is 12.4 Å². The van der Waals surface area contributed by atoms with Gasteiger partial charge in [-0.2, -0.15) is 0 Å². The normalized spacial score (nSPS) is 10.1. The summed E-state index contributed by atoms with van der Waals surface area (Å²) in [4.78, 5) is 10.4. The zero-order chi connectivity index (χ0) is 12.8. The van der Waals surface area contributed by atoms with Gasteiger partial charge in [0.2, 0.25) is 0 Å². The van der Waals surface area contributed by atoms with E-state index in [0.717, 1.165) is 19.3 Å². The summed E-state index contributed by atoms with van der Waals surface area (Å²) in [5.41, 5.74) is 0. The number of carboxylic acid groups (broad SMARTS) is 1. The molecule has 0 spiro atoms. The summed E-state index contributed by atoms with van der Waals surface area (Å²) in [5, 5.41) is 8.57. The molecule has 1 rings (SSSR count). The molecule has 0 aromatic heterocycles. The maximum absolute atomic E-state index is 10.4. The van der Waals surface area contributed by atoms with Gasteiger partial charge < -0.3 is 14.6 Å². The van der Waals surface area contributed by atoms with Gasteiger partial charge in [-0.15, -0.1) is 0 Å². The zero-order valence-electron chi connectivity index (χ0n) is 9.20. The highest BCUT2D eigenvalue weighted by molar-refractivity contribution is 14.1. The second-order valence-electron chi connectivity index (χ2n) is 3.22. The number of hydrogen-bond donors (Lipinski definition) is 1. The molecule has 1 N–H and O–H groups in total. The number of carbonyl (C=O) groups is 1. The van der Waals surface area contributed by atoms with Crippen molar-refractivity contribution in [2.75, 3.05) is 13.2 Å². The van der Waals surface area contributed by atoms with Crippen molar-refractivity contribution in [1.82, 2.24) is 0 Å². The van der Waals surface area contributed by atoms with Crippen LogP contribution in [0.1, 0.15) is 13.3 Å². The van der Waals surface area contributed by atoms with E-state index in [9.17, 15) is 4.79 Å². The minimum atomic E-state index is -0.990. The fraction of sp³-hybridized carbons (Fsp3) is 0.364. The van der Waals surface area contributed by atoms with Gasteiger partial charge in [-0.25, -0.2) is 4.79 Å². The maximum atomic E-state index is 10.4. The fourth-order valence-corrected chi connectivity index (χ4v) is 3.00. The van der Waals surface area contributed by atoms with Crippen molar-refractivity contribution >= 4 is 51.2 Å². The number of hydrogen-bond acceptors (Lipinski definition) is 3. The molecule has 0 heterocycles. The first kappa shape index (κ1) is 14.8. The molecule has 1 aromatic rings. The molecule has 0 aliphatic carbocycles. The highest BCUT2D eigenvalue weighted by Gasteiger charge is 2.13. The number of benzene rings is 1. The molecular weight excluding hydrogens is 450 g/mol. The van der Waals surface area contributed by atoms with Gasteiger partial charge in [0.15, 0.2) is 6.61 Å². The van der Waals surface area contributed by atoms with Gasteiger partial charge in [-0.1, -0.05) is 6.92 Å². The van der Waals surface area contributed by atoms with E-state index in [1.54, 1.807) is 6.07 Å². The molecule has 0 saturated carbocycles. The van der Waals surface area contributed by atoms with Crippen molar-refractivity contribution < 1.29 is 19.4 Å². The molecule has 0 saturated heterocycles. The average Bonchev–Trinajstić information content (AvgIpc) is 2.27. The molecular formula is C11H12I2O4. The Hall–Kier alpha value is -0.250. The minimum Gasteiger partial charge on any atom is -0.491 e. The third kappa shape index (κ3) is 4.49. The molecule has 0 atom stereocenters. The van der Waals surface area contributed by atoms with Crippen molar-refractivity contribution in [3.63, 3.8) is 0 Å². The Morgan fingerprint density at radius 3 is 2.65 bits per heavy atom. The van der Waals surface area contributed by atoms with Crippen LogP contribution in [0.25, 0.3) is 0 Å². The molecule has 0 aliphatic heterocycles. The number of halogens is 2. The quantitative estimate of drug-likeness (QED) is 0.661. The summed E-state index contributed by atoms with van der Waals surface area (Å²) in [6, 6.07) is 3.61. The Morgan fingerprint density at radius 1 is 1.35 bits per heavy atom. The lowest BCUT2D eigenvalue weighted by molar-refractivity contribution is -0.139. The van der Waals surface area contributed by atoms with E-state index >= 15 is 0 Å². The van der Waals surface area contributed by atoms with Gasteiger partial charge in [-0.05, 0) is 63.7 Å². The van der Waals surface area contributed by atoms with Crippen LogP contribution >= 0.6 is 45.2 Å². The van der Waals surface area contributed by atoms with Crippen LogP contribution in [0.2, 0.25) is 0 Å². The predicted octanol–water partition coefficient (Wildman–Crippen LogP) is 3.15. The lowest BCUT2D eigenvalue weighted by atomic mass is 10.3. The predicted molar refractivity (Wildman–Crippen MR) is 80.8 cm³/mol. The first-order valence-electron chi connectivity index (χ1n) is 5.01. The molecule has 0 bridgehead atoms. The van der Waals surface area contributed by atoms with Gasteiger partial charge in [-0.3, -0.25) is 0 Å². The standard InChI is InChI=1S/C11H12I2O4/c1-2-5-16-11-7(12)3-4-8(10(11)13)17-6-9(14)15/h3-4H,2,5-6H2,1H3,(H,14,15). The summed E-state index contributed by atoms with van der Waals surface area (Å²) >= 11 is 4.29. The molecule has 0 aliphatic rings. The second kappa shape index (κ2) is 7.24. The largest absolute Gasteiger partial charge is 0.491 e. The fourth-order valence-electron chi connectivity index (χ4n) is 1.10. The molecule has 17 heavy (non-hydrogen) atoms. The molecule has 0 amide bonds. The SMILES string of the molecule is CCCOc1c(I)ccc(OCC(=O)O)c1I. The Kier molecular flexibility index (Phi) is 6.31. The van der Waals surface area contributed by atoms with Crippen LogP contribution in [0, 0.1) is 7.14 Å². The van der Waals surface area contributed by atoms with E-state index in [4.69, 9.17) is 14.6 Å². The van der Waals surface area contributed by atoms with Crippen molar-refractivity contribution in [3.05, 3.63) is 19.3 Å². The monoisotopic (exact) mass is 462 g/mol. The van der Waals surface area contributed by atoms with Crippen molar-refractivity contribution in [1.29, 1.82) is 0 Å². The van der Waals surface area contributed by atoms with Crippen LogP contribution in [0.15, 0.2) is 12.1 Å². The smallest absolute Gasteiger partial charge is 0.341 e. The van der Waals surface area contributed by atoms with E-state index in [-0.39, 0.29) is 6.61 Å². The van der Waals surface area contributed by atoms with Crippen molar-refractivity contribution in [2.45, 2.75) is 13.3 Å². The zero-order valence-corrected chi connectivity index (χ0v) is 13.5. The molecule has 0 unspecified atom stereocenters. The summed E-state index contributed by atoms with van der Waals surface area (Å²) in [6.07, 6.45) is 0.923. The highest BCUT2D eigenvalue weighted by atomic mass is 127. The number of rotatable bonds is 6. The van der Waals surface area contributed by atoms with Crippen LogP contribution < -0.4 is 9.47 Å². The van der Waals surface area contributed by atoms with Crippen molar-refractivity contribution in [3.8, 4) is 11.5 Å². The Morgan fingerprint density at radius 2 is 2.06 bits per heavy atom.